The van der Waals surface area contributed by atoms with Crippen LogP contribution in [0.2, 0.25) is 0 Å². The highest BCUT2D eigenvalue weighted by Crippen LogP contribution is 2.27. The number of methoxy groups -OCH3 is 1. The van der Waals surface area contributed by atoms with Gasteiger partial charge in [0.25, 0.3) is 0 Å². The maximum atomic E-state index is 5.98. The van der Waals surface area contributed by atoms with Crippen LogP contribution in [-0.4, -0.2) is 32.6 Å². The molecule has 2 rings (SSSR count). The van der Waals surface area contributed by atoms with E-state index in [9.17, 15) is 0 Å². The Bertz CT molecular complexity index is 689. The first-order chi connectivity index (χ1) is 12.0. The van der Waals surface area contributed by atoms with Crippen LogP contribution in [0.15, 0.2) is 54.6 Å². The van der Waals surface area contributed by atoms with E-state index in [0.29, 0.717) is 12.5 Å². The molecule has 0 amide bonds. The molecule has 0 aliphatic rings. The van der Waals surface area contributed by atoms with Crippen molar-refractivity contribution in [3.05, 3.63) is 65.7 Å². The standard InChI is InChI=1S/C22H29NO2/c1-6-22(17(2)15-23(3)4)19-8-7-9-21(14-19)25-16-18-10-12-20(24-5)13-11-18/h6-14,17H,15-16H2,1-5H3/t17-/m0/s1. The van der Waals surface area contributed by atoms with Crippen LogP contribution in [0.5, 0.6) is 11.5 Å². The number of ether oxygens (including phenoxy) is 2. The minimum atomic E-state index is 0.469. The fraction of sp³-hybridized carbons (Fsp3) is 0.364. The molecule has 0 fully saturated rings. The maximum Gasteiger partial charge on any atom is 0.120 e. The molecule has 0 N–H and O–H groups in total. The molecule has 0 unspecified atom stereocenters. The number of hydrogen-bond donors (Lipinski definition) is 0. The fourth-order valence-electron chi connectivity index (χ4n) is 3.04. The maximum absolute atomic E-state index is 5.98. The first-order valence-corrected chi connectivity index (χ1v) is 8.70. The second-order valence-electron chi connectivity index (χ2n) is 6.57. The zero-order valence-corrected chi connectivity index (χ0v) is 16.0. The minimum Gasteiger partial charge on any atom is -0.497 e. The lowest BCUT2D eigenvalue weighted by Crippen LogP contribution is -2.20. The molecule has 2 aromatic carbocycles. The van der Waals surface area contributed by atoms with Crippen molar-refractivity contribution in [3.63, 3.8) is 0 Å². The molecule has 0 radical (unpaired) electrons. The second kappa shape index (κ2) is 9.28. The third-order valence-electron chi connectivity index (χ3n) is 4.21. The summed E-state index contributed by atoms with van der Waals surface area (Å²) in [6.07, 6.45) is 2.21. The van der Waals surface area contributed by atoms with Crippen LogP contribution in [0.4, 0.5) is 0 Å². The number of nitrogens with zero attached hydrogens (tertiary/aromatic N) is 1. The molecule has 0 aliphatic carbocycles. The van der Waals surface area contributed by atoms with E-state index in [-0.39, 0.29) is 0 Å². The molecule has 2 aromatic rings. The van der Waals surface area contributed by atoms with Gasteiger partial charge >= 0.3 is 0 Å². The van der Waals surface area contributed by atoms with Crippen molar-refractivity contribution >= 4 is 5.57 Å². The van der Waals surface area contributed by atoms with Gasteiger partial charge in [0.2, 0.25) is 0 Å². The Labute approximate surface area is 151 Å². The summed E-state index contributed by atoms with van der Waals surface area (Å²) in [5.41, 5.74) is 3.70. The van der Waals surface area contributed by atoms with Gasteiger partial charge < -0.3 is 14.4 Å². The van der Waals surface area contributed by atoms with Gasteiger partial charge in [-0.1, -0.05) is 37.3 Å². The van der Waals surface area contributed by atoms with Crippen molar-refractivity contribution in [2.45, 2.75) is 20.5 Å². The van der Waals surface area contributed by atoms with E-state index in [2.05, 4.69) is 57.1 Å². The van der Waals surface area contributed by atoms with Crippen LogP contribution < -0.4 is 9.47 Å². The fourth-order valence-corrected chi connectivity index (χ4v) is 3.04. The largest absolute Gasteiger partial charge is 0.497 e. The van der Waals surface area contributed by atoms with Gasteiger partial charge in [-0.05, 0) is 67.9 Å². The van der Waals surface area contributed by atoms with Crippen LogP contribution in [0.1, 0.15) is 25.0 Å². The van der Waals surface area contributed by atoms with Gasteiger partial charge in [-0.2, -0.15) is 0 Å². The second-order valence-corrected chi connectivity index (χ2v) is 6.57. The Morgan fingerprint density at radius 2 is 1.80 bits per heavy atom. The summed E-state index contributed by atoms with van der Waals surface area (Å²) >= 11 is 0. The zero-order valence-electron chi connectivity index (χ0n) is 16.0. The summed E-state index contributed by atoms with van der Waals surface area (Å²) in [6, 6.07) is 16.3. The van der Waals surface area contributed by atoms with E-state index in [4.69, 9.17) is 9.47 Å². The minimum absolute atomic E-state index is 0.469. The van der Waals surface area contributed by atoms with E-state index in [0.717, 1.165) is 23.6 Å². The highest BCUT2D eigenvalue weighted by Gasteiger charge is 2.12. The number of allylic oxidation sites excluding steroid dienone is 1. The lowest BCUT2D eigenvalue weighted by Gasteiger charge is -2.20. The van der Waals surface area contributed by atoms with Gasteiger partial charge in [0.05, 0.1) is 7.11 Å². The summed E-state index contributed by atoms with van der Waals surface area (Å²) in [7, 11) is 5.89. The Balaban J connectivity index is 2.06. The molecular formula is C22H29NO2. The number of hydrogen-bond acceptors (Lipinski definition) is 3. The smallest absolute Gasteiger partial charge is 0.120 e. The van der Waals surface area contributed by atoms with Crippen molar-refractivity contribution in [2.75, 3.05) is 27.7 Å². The van der Waals surface area contributed by atoms with Crippen LogP contribution in [0, 0.1) is 5.92 Å². The average Bonchev–Trinajstić information content (AvgIpc) is 2.61. The number of benzene rings is 2. The third-order valence-corrected chi connectivity index (χ3v) is 4.21. The molecule has 0 bridgehead atoms. The predicted octanol–water partition coefficient (Wildman–Crippen LogP) is 4.88. The average molecular weight is 339 g/mol. The monoisotopic (exact) mass is 339 g/mol. The Morgan fingerprint density at radius 3 is 2.40 bits per heavy atom. The lowest BCUT2D eigenvalue weighted by atomic mass is 9.93. The van der Waals surface area contributed by atoms with Crippen molar-refractivity contribution in [3.8, 4) is 11.5 Å². The van der Waals surface area contributed by atoms with E-state index >= 15 is 0 Å². The first kappa shape index (κ1) is 19.1. The Morgan fingerprint density at radius 1 is 1.08 bits per heavy atom. The predicted molar refractivity (Wildman–Crippen MR) is 105 cm³/mol. The van der Waals surface area contributed by atoms with E-state index < -0.39 is 0 Å². The van der Waals surface area contributed by atoms with Crippen molar-refractivity contribution < 1.29 is 9.47 Å². The van der Waals surface area contributed by atoms with Gasteiger partial charge in [0.1, 0.15) is 18.1 Å². The topological polar surface area (TPSA) is 21.7 Å². The van der Waals surface area contributed by atoms with Crippen LogP contribution >= 0.6 is 0 Å². The van der Waals surface area contributed by atoms with Crippen LogP contribution in [0.3, 0.4) is 0 Å². The lowest BCUT2D eigenvalue weighted by molar-refractivity contribution is 0.306. The molecule has 0 saturated carbocycles. The summed E-state index contributed by atoms with van der Waals surface area (Å²) in [4.78, 5) is 2.22. The van der Waals surface area contributed by atoms with E-state index in [1.54, 1.807) is 7.11 Å². The summed E-state index contributed by atoms with van der Waals surface area (Å²) in [5, 5.41) is 0. The zero-order chi connectivity index (χ0) is 18.2. The molecule has 0 aliphatic heterocycles. The molecule has 3 nitrogen and oxygen atoms in total. The van der Waals surface area contributed by atoms with Gasteiger partial charge in [-0.15, -0.1) is 0 Å². The van der Waals surface area contributed by atoms with Gasteiger partial charge in [0, 0.05) is 6.54 Å². The third kappa shape index (κ3) is 5.64. The van der Waals surface area contributed by atoms with Crippen molar-refractivity contribution in [1.29, 1.82) is 0 Å². The van der Waals surface area contributed by atoms with Gasteiger partial charge in [-0.3, -0.25) is 0 Å². The van der Waals surface area contributed by atoms with Crippen LogP contribution in [0.25, 0.3) is 5.57 Å². The molecule has 3 heteroatoms. The van der Waals surface area contributed by atoms with Gasteiger partial charge in [0.15, 0.2) is 0 Å². The Kier molecular flexibility index (Phi) is 7.08. The summed E-state index contributed by atoms with van der Waals surface area (Å²) in [5.74, 6) is 2.22. The summed E-state index contributed by atoms with van der Waals surface area (Å²) < 4.78 is 11.2. The highest BCUT2D eigenvalue weighted by molar-refractivity contribution is 5.68. The molecule has 25 heavy (non-hydrogen) atoms. The molecule has 1 atom stereocenters. The van der Waals surface area contributed by atoms with E-state index in [1.807, 2.05) is 30.3 Å². The molecule has 0 spiro atoms. The highest BCUT2D eigenvalue weighted by atomic mass is 16.5. The van der Waals surface area contributed by atoms with Crippen molar-refractivity contribution in [2.24, 2.45) is 5.92 Å². The normalized spacial score (nSPS) is 13.0. The SMILES string of the molecule is CC=C(c1cccc(OCc2ccc(OC)cc2)c1)[C@@H](C)CN(C)C. The summed E-state index contributed by atoms with van der Waals surface area (Å²) in [6.45, 7) is 5.94. The number of rotatable bonds is 8. The van der Waals surface area contributed by atoms with E-state index in [1.165, 1.54) is 11.1 Å². The quantitative estimate of drug-likeness (QED) is 0.684. The molecule has 0 saturated heterocycles. The molecule has 0 aromatic heterocycles. The molecule has 0 heterocycles. The van der Waals surface area contributed by atoms with Crippen LogP contribution in [-0.2, 0) is 6.61 Å². The molecule has 134 valence electrons. The molecular weight excluding hydrogens is 310 g/mol. The first-order valence-electron chi connectivity index (χ1n) is 8.70. The van der Waals surface area contributed by atoms with Crippen molar-refractivity contribution in [1.82, 2.24) is 4.90 Å². The van der Waals surface area contributed by atoms with Gasteiger partial charge in [-0.25, -0.2) is 0 Å². The Hall–Kier alpha value is -2.26.